The molecule has 0 unspecified atom stereocenters. The van der Waals surface area contributed by atoms with Gasteiger partial charge in [0.1, 0.15) is 0 Å². The van der Waals surface area contributed by atoms with Crippen LogP contribution >= 0.6 is 15.9 Å². The van der Waals surface area contributed by atoms with Crippen molar-refractivity contribution in [2.24, 2.45) is 5.84 Å². The maximum atomic E-state index is 11.0. The van der Waals surface area contributed by atoms with Gasteiger partial charge in [0.15, 0.2) is 0 Å². The lowest BCUT2D eigenvalue weighted by molar-refractivity contribution is -0.116. The molecule has 4 heteroatoms. The Bertz CT molecular complexity index is 338. The number of hydrogen-bond acceptors (Lipinski definition) is 2. The summed E-state index contributed by atoms with van der Waals surface area (Å²) in [6, 6.07) is 5.57. The SMILES string of the molecule is CC(=O)N(N)c1ccc(Br)cc1C. The Labute approximate surface area is 85.6 Å². The van der Waals surface area contributed by atoms with E-state index in [-0.39, 0.29) is 5.91 Å². The fourth-order valence-corrected chi connectivity index (χ4v) is 1.53. The molecular formula is C9H11BrN2O. The molecule has 1 aromatic carbocycles. The summed E-state index contributed by atoms with van der Waals surface area (Å²) in [7, 11) is 0. The molecule has 0 aromatic heterocycles. The van der Waals surface area contributed by atoms with Gasteiger partial charge in [-0.15, -0.1) is 0 Å². The van der Waals surface area contributed by atoms with Crippen LogP contribution in [0.15, 0.2) is 22.7 Å². The van der Waals surface area contributed by atoms with Gasteiger partial charge in [-0.05, 0) is 30.7 Å². The Morgan fingerprint density at radius 2 is 2.15 bits per heavy atom. The minimum atomic E-state index is -0.176. The van der Waals surface area contributed by atoms with Crippen molar-refractivity contribution in [3.05, 3.63) is 28.2 Å². The topological polar surface area (TPSA) is 46.3 Å². The van der Waals surface area contributed by atoms with Gasteiger partial charge in [-0.1, -0.05) is 15.9 Å². The predicted molar refractivity (Wildman–Crippen MR) is 56.2 cm³/mol. The maximum absolute atomic E-state index is 11.0. The zero-order valence-corrected chi connectivity index (χ0v) is 9.13. The summed E-state index contributed by atoms with van der Waals surface area (Å²) in [5, 5.41) is 1.14. The average Bonchev–Trinajstić information content (AvgIpc) is 2.03. The number of rotatable bonds is 1. The van der Waals surface area contributed by atoms with Gasteiger partial charge < -0.3 is 0 Å². The van der Waals surface area contributed by atoms with E-state index >= 15 is 0 Å². The van der Waals surface area contributed by atoms with Crippen molar-refractivity contribution in [1.29, 1.82) is 0 Å². The first-order valence-electron chi connectivity index (χ1n) is 3.84. The molecule has 0 radical (unpaired) electrons. The second-order valence-electron chi connectivity index (χ2n) is 2.82. The molecule has 1 aromatic rings. The van der Waals surface area contributed by atoms with Gasteiger partial charge in [0.25, 0.3) is 0 Å². The highest BCUT2D eigenvalue weighted by Gasteiger charge is 2.08. The molecule has 0 heterocycles. The first-order chi connectivity index (χ1) is 6.02. The van der Waals surface area contributed by atoms with E-state index < -0.39 is 0 Å². The van der Waals surface area contributed by atoms with Crippen molar-refractivity contribution in [2.45, 2.75) is 13.8 Å². The van der Waals surface area contributed by atoms with E-state index in [1.54, 1.807) is 6.07 Å². The molecule has 0 aliphatic carbocycles. The normalized spacial score (nSPS) is 9.85. The summed E-state index contributed by atoms with van der Waals surface area (Å²) in [5.74, 6) is 5.38. The van der Waals surface area contributed by atoms with Crippen LogP contribution in [0.3, 0.4) is 0 Å². The molecule has 1 amide bonds. The van der Waals surface area contributed by atoms with Crippen LogP contribution in [0.4, 0.5) is 5.69 Å². The molecule has 0 atom stereocenters. The number of amides is 1. The lowest BCUT2D eigenvalue weighted by Crippen LogP contribution is -2.35. The van der Waals surface area contributed by atoms with E-state index in [0.29, 0.717) is 0 Å². The molecule has 13 heavy (non-hydrogen) atoms. The van der Waals surface area contributed by atoms with Crippen molar-refractivity contribution in [3.63, 3.8) is 0 Å². The minimum Gasteiger partial charge on any atom is -0.273 e. The first-order valence-corrected chi connectivity index (χ1v) is 4.63. The third kappa shape index (κ3) is 2.29. The molecule has 0 saturated heterocycles. The highest BCUT2D eigenvalue weighted by Crippen LogP contribution is 2.21. The van der Waals surface area contributed by atoms with Crippen LogP contribution < -0.4 is 10.9 Å². The summed E-state index contributed by atoms with van der Waals surface area (Å²) in [6.45, 7) is 3.34. The van der Waals surface area contributed by atoms with Crippen LogP contribution in [-0.4, -0.2) is 5.91 Å². The average molecular weight is 243 g/mol. The van der Waals surface area contributed by atoms with E-state index in [4.69, 9.17) is 5.84 Å². The van der Waals surface area contributed by atoms with E-state index in [9.17, 15) is 4.79 Å². The number of halogens is 1. The van der Waals surface area contributed by atoms with E-state index in [0.717, 1.165) is 20.7 Å². The summed E-state index contributed by atoms with van der Waals surface area (Å²) in [6.07, 6.45) is 0. The highest BCUT2D eigenvalue weighted by atomic mass is 79.9. The number of hydrogen-bond donors (Lipinski definition) is 1. The summed E-state index contributed by atoms with van der Waals surface area (Å²) in [4.78, 5) is 11.0. The Morgan fingerprint density at radius 3 is 2.62 bits per heavy atom. The fraction of sp³-hybridized carbons (Fsp3) is 0.222. The number of nitrogens with two attached hydrogens (primary N) is 1. The van der Waals surface area contributed by atoms with Gasteiger partial charge in [-0.3, -0.25) is 4.79 Å². The minimum absolute atomic E-state index is 0.176. The van der Waals surface area contributed by atoms with Gasteiger partial charge in [0, 0.05) is 11.4 Å². The maximum Gasteiger partial charge on any atom is 0.238 e. The molecule has 70 valence electrons. The van der Waals surface area contributed by atoms with Crippen molar-refractivity contribution in [2.75, 3.05) is 5.01 Å². The highest BCUT2D eigenvalue weighted by molar-refractivity contribution is 9.10. The van der Waals surface area contributed by atoms with E-state index in [1.807, 2.05) is 19.1 Å². The lowest BCUT2D eigenvalue weighted by atomic mass is 10.2. The molecule has 0 saturated carbocycles. The summed E-state index contributed by atoms with van der Waals surface area (Å²) >= 11 is 3.34. The molecule has 0 aliphatic rings. The van der Waals surface area contributed by atoms with Gasteiger partial charge in [-0.25, -0.2) is 10.9 Å². The zero-order valence-electron chi connectivity index (χ0n) is 7.54. The number of hydrazine groups is 1. The lowest BCUT2D eigenvalue weighted by Gasteiger charge is -2.16. The second kappa shape index (κ2) is 3.89. The smallest absolute Gasteiger partial charge is 0.238 e. The first kappa shape index (κ1) is 10.2. The van der Waals surface area contributed by atoms with Crippen LogP contribution in [-0.2, 0) is 4.79 Å². The van der Waals surface area contributed by atoms with E-state index in [1.165, 1.54) is 6.92 Å². The number of nitrogens with zero attached hydrogens (tertiary/aromatic N) is 1. The monoisotopic (exact) mass is 242 g/mol. The molecule has 0 bridgehead atoms. The molecule has 0 fully saturated rings. The van der Waals surface area contributed by atoms with Gasteiger partial charge >= 0.3 is 0 Å². The summed E-state index contributed by atoms with van der Waals surface area (Å²) in [5.41, 5.74) is 1.70. The van der Waals surface area contributed by atoms with Crippen LogP contribution in [0.2, 0.25) is 0 Å². The third-order valence-electron chi connectivity index (χ3n) is 1.76. The number of aryl methyl sites for hydroxylation is 1. The molecule has 3 nitrogen and oxygen atoms in total. The van der Waals surface area contributed by atoms with Gasteiger partial charge in [-0.2, -0.15) is 0 Å². The molecule has 0 spiro atoms. The summed E-state index contributed by atoms with van der Waals surface area (Å²) < 4.78 is 0.978. The van der Waals surface area contributed by atoms with Crippen molar-refractivity contribution in [1.82, 2.24) is 0 Å². The quantitative estimate of drug-likeness (QED) is 0.465. The molecule has 1 rings (SSSR count). The fourth-order valence-electron chi connectivity index (χ4n) is 1.06. The second-order valence-corrected chi connectivity index (χ2v) is 3.74. The van der Waals surface area contributed by atoms with Crippen LogP contribution in [0, 0.1) is 6.92 Å². The number of carbonyl (C=O) groups excluding carboxylic acids is 1. The van der Waals surface area contributed by atoms with Crippen LogP contribution in [0.1, 0.15) is 12.5 Å². The molecular weight excluding hydrogens is 232 g/mol. The zero-order chi connectivity index (χ0) is 10.0. The third-order valence-corrected chi connectivity index (χ3v) is 2.25. The number of anilines is 1. The Kier molecular flexibility index (Phi) is 3.06. The van der Waals surface area contributed by atoms with Crippen molar-refractivity contribution in [3.8, 4) is 0 Å². The van der Waals surface area contributed by atoms with E-state index in [2.05, 4.69) is 15.9 Å². The Balaban J connectivity index is 3.08. The Morgan fingerprint density at radius 1 is 1.54 bits per heavy atom. The van der Waals surface area contributed by atoms with Crippen LogP contribution in [0.25, 0.3) is 0 Å². The predicted octanol–water partition coefficient (Wildman–Crippen LogP) is 1.98. The Hall–Kier alpha value is -0.870. The van der Waals surface area contributed by atoms with Crippen LogP contribution in [0.5, 0.6) is 0 Å². The van der Waals surface area contributed by atoms with Crippen molar-refractivity contribution < 1.29 is 4.79 Å². The largest absolute Gasteiger partial charge is 0.273 e. The van der Waals surface area contributed by atoms with Crippen molar-refractivity contribution >= 4 is 27.5 Å². The molecule has 2 N–H and O–H groups in total. The van der Waals surface area contributed by atoms with Gasteiger partial charge in [0.05, 0.1) is 5.69 Å². The van der Waals surface area contributed by atoms with Gasteiger partial charge in [0.2, 0.25) is 5.91 Å². The molecule has 0 aliphatic heterocycles. The number of benzene rings is 1. The number of carbonyl (C=O) groups is 1. The standard InChI is InChI=1S/C9H11BrN2O/c1-6-5-8(10)3-4-9(6)12(11)7(2)13/h3-5H,11H2,1-2H3.